The van der Waals surface area contributed by atoms with Crippen LogP contribution in [0.5, 0.6) is 0 Å². The van der Waals surface area contributed by atoms with Crippen molar-refractivity contribution in [2.45, 2.75) is 19.4 Å². The van der Waals surface area contributed by atoms with Crippen molar-refractivity contribution < 1.29 is 13.9 Å². The van der Waals surface area contributed by atoms with Crippen LogP contribution in [-0.4, -0.2) is 26.1 Å². The van der Waals surface area contributed by atoms with Crippen LogP contribution in [0.2, 0.25) is 0 Å². The number of methoxy groups -OCH3 is 1. The number of amides is 1. The topological polar surface area (TPSA) is 54.7 Å². The lowest BCUT2D eigenvalue weighted by Gasteiger charge is -2.21. The first kappa shape index (κ1) is 16.7. The van der Waals surface area contributed by atoms with Crippen molar-refractivity contribution >= 4 is 28.3 Å². The van der Waals surface area contributed by atoms with Crippen molar-refractivity contribution in [2.75, 3.05) is 30.4 Å². The fourth-order valence-electron chi connectivity index (χ4n) is 3.56. The third kappa shape index (κ3) is 3.06. The van der Waals surface area contributed by atoms with E-state index in [-0.39, 0.29) is 5.91 Å². The minimum absolute atomic E-state index is 0.250. The van der Waals surface area contributed by atoms with Crippen LogP contribution < -0.4 is 10.2 Å². The van der Waals surface area contributed by atoms with Gasteiger partial charge in [-0.2, -0.15) is 0 Å². The highest BCUT2D eigenvalue weighted by Crippen LogP contribution is 2.31. The molecular weight excluding hydrogens is 328 g/mol. The van der Waals surface area contributed by atoms with Gasteiger partial charge < -0.3 is 19.4 Å². The zero-order valence-electron chi connectivity index (χ0n) is 14.8. The van der Waals surface area contributed by atoms with Crippen LogP contribution in [0.1, 0.15) is 29.0 Å². The van der Waals surface area contributed by atoms with Gasteiger partial charge in [-0.15, -0.1) is 0 Å². The molecule has 1 amide bonds. The first-order valence-electron chi connectivity index (χ1n) is 8.92. The maximum atomic E-state index is 13.0. The molecule has 0 spiro atoms. The molecule has 1 N–H and O–H groups in total. The third-order valence-electron chi connectivity index (χ3n) is 4.79. The van der Waals surface area contributed by atoms with Crippen molar-refractivity contribution in [3.63, 3.8) is 0 Å². The maximum absolute atomic E-state index is 13.0. The van der Waals surface area contributed by atoms with Gasteiger partial charge in [-0.1, -0.05) is 30.3 Å². The molecule has 0 unspecified atom stereocenters. The van der Waals surface area contributed by atoms with Crippen LogP contribution in [-0.2, 0) is 11.3 Å². The minimum Gasteiger partial charge on any atom is -0.451 e. The largest absolute Gasteiger partial charge is 0.451 e. The average Bonchev–Trinajstić information content (AvgIpc) is 3.31. The highest BCUT2D eigenvalue weighted by molar-refractivity contribution is 6.07. The number of ether oxygens (including phenoxy) is 1. The molecular formula is C21H22N2O3. The van der Waals surface area contributed by atoms with E-state index in [0.29, 0.717) is 18.0 Å². The average molecular weight is 350 g/mol. The summed E-state index contributed by atoms with van der Waals surface area (Å²) in [5, 5.41) is 3.94. The van der Waals surface area contributed by atoms with Crippen molar-refractivity contribution in [2.24, 2.45) is 0 Å². The monoisotopic (exact) mass is 350 g/mol. The summed E-state index contributed by atoms with van der Waals surface area (Å²) in [7, 11) is 1.62. The van der Waals surface area contributed by atoms with Crippen LogP contribution in [0.25, 0.3) is 11.0 Å². The summed E-state index contributed by atoms with van der Waals surface area (Å²) in [6.07, 6.45) is 2.37. The van der Waals surface area contributed by atoms with Crippen molar-refractivity contribution in [1.82, 2.24) is 0 Å². The van der Waals surface area contributed by atoms with Gasteiger partial charge in [-0.3, -0.25) is 4.79 Å². The standard InChI is InChI=1S/C21H22N2O3/c1-25-14-16-15-8-2-5-11-19(15)26-20(16)21(24)22-17-9-3-4-10-18(17)23-12-6-7-13-23/h2-5,8-11H,6-7,12-14H2,1H3,(H,22,24). The molecule has 0 bridgehead atoms. The van der Waals surface area contributed by atoms with Crippen molar-refractivity contribution in [3.05, 3.63) is 59.9 Å². The second-order valence-corrected chi connectivity index (χ2v) is 6.50. The van der Waals surface area contributed by atoms with Gasteiger partial charge in [0.1, 0.15) is 5.58 Å². The maximum Gasteiger partial charge on any atom is 0.291 e. The fourth-order valence-corrected chi connectivity index (χ4v) is 3.56. The molecule has 1 fully saturated rings. The molecule has 1 aliphatic heterocycles. The fraction of sp³-hybridized carbons (Fsp3) is 0.286. The van der Waals surface area contributed by atoms with E-state index in [1.165, 1.54) is 12.8 Å². The number of anilines is 2. The molecule has 0 saturated carbocycles. The first-order valence-corrected chi connectivity index (χ1v) is 8.92. The number of nitrogens with zero attached hydrogens (tertiary/aromatic N) is 1. The highest BCUT2D eigenvalue weighted by atomic mass is 16.5. The van der Waals surface area contributed by atoms with Gasteiger partial charge in [-0.25, -0.2) is 0 Å². The second kappa shape index (κ2) is 7.22. The number of carbonyl (C=O) groups is 1. The van der Waals surface area contributed by atoms with E-state index in [1.54, 1.807) is 7.11 Å². The number of furan rings is 1. The smallest absolute Gasteiger partial charge is 0.291 e. The molecule has 1 saturated heterocycles. The Morgan fingerprint density at radius 1 is 1.12 bits per heavy atom. The quantitative estimate of drug-likeness (QED) is 0.739. The van der Waals surface area contributed by atoms with E-state index in [9.17, 15) is 4.79 Å². The Labute approximate surface area is 152 Å². The van der Waals surface area contributed by atoms with Crippen LogP contribution in [0.15, 0.2) is 52.9 Å². The van der Waals surface area contributed by atoms with E-state index >= 15 is 0 Å². The van der Waals surface area contributed by atoms with E-state index in [0.717, 1.165) is 35.4 Å². The molecule has 5 heteroatoms. The summed E-state index contributed by atoms with van der Waals surface area (Å²) < 4.78 is 11.1. The summed E-state index contributed by atoms with van der Waals surface area (Å²) >= 11 is 0. The van der Waals surface area contributed by atoms with Crippen LogP contribution in [0, 0.1) is 0 Å². The number of hydrogen-bond acceptors (Lipinski definition) is 4. The summed E-state index contributed by atoms with van der Waals surface area (Å²) in [6.45, 7) is 2.37. The molecule has 2 aromatic carbocycles. The molecule has 3 aromatic rings. The van der Waals surface area contributed by atoms with Gasteiger partial charge in [0.25, 0.3) is 5.91 Å². The number of rotatable bonds is 5. The Balaban J connectivity index is 1.67. The van der Waals surface area contributed by atoms with Gasteiger partial charge >= 0.3 is 0 Å². The number of nitrogens with one attached hydrogen (secondary N) is 1. The molecule has 0 aliphatic carbocycles. The number of fused-ring (bicyclic) bond motifs is 1. The predicted molar refractivity (Wildman–Crippen MR) is 103 cm³/mol. The molecule has 5 nitrogen and oxygen atoms in total. The van der Waals surface area contributed by atoms with Gasteiger partial charge in [0.15, 0.2) is 5.76 Å². The first-order chi connectivity index (χ1) is 12.8. The minimum atomic E-state index is -0.250. The Kier molecular flexibility index (Phi) is 4.63. The molecule has 1 aliphatic rings. The highest BCUT2D eigenvalue weighted by Gasteiger charge is 2.22. The van der Waals surface area contributed by atoms with Gasteiger partial charge in [-0.05, 0) is 31.0 Å². The molecule has 2 heterocycles. The Morgan fingerprint density at radius 2 is 1.85 bits per heavy atom. The number of hydrogen-bond donors (Lipinski definition) is 1. The number of para-hydroxylation sites is 3. The Hall–Kier alpha value is -2.79. The van der Waals surface area contributed by atoms with E-state index < -0.39 is 0 Å². The second-order valence-electron chi connectivity index (χ2n) is 6.50. The Morgan fingerprint density at radius 3 is 2.65 bits per heavy atom. The molecule has 1 aromatic heterocycles. The van der Waals surface area contributed by atoms with Gasteiger partial charge in [0, 0.05) is 31.1 Å². The lowest BCUT2D eigenvalue weighted by atomic mass is 10.1. The normalized spacial score (nSPS) is 14.1. The number of benzene rings is 2. The van der Waals surface area contributed by atoms with Crippen molar-refractivity contribution in [1.29, 1.82) is 0 Å². The Bertz CT molecular complexity index is 926. The molecule has 4 rings (SSSR count). The lowest BCUT2D eigenvalue weighted by Crippen LogP contribution is -2.21. The zero-order valence-corrected chi connectivity index (χ0v) is 14.8. The van der Waals surface area contributed by atoms with Crippen LogP contribution in [0.3, 0.4) is 0 Å². The van der Waals surface area contributed by atoms with E-state index in [2.05, 4.69) is 16.3 Å². The summed E-state index contributed by atoms with van der Waals surface area (Å²) in [5.41, 5.74) is 3.34. The molecule has 134 valence electrons. The molecule has 26 heavy (non-hydrogen) atoms. The summed E-state index contributed by atoms with van der Waals surface area (Å²) in [4.78, 5) is 15.3. The predicted octanol–water partition coefficient (Wildman–Crippen LogP) is 4.43. The van der Waals surface area contributed by atoms with Gasteiger partial charge in [0.2, 0.25) is 0 Å². The van der Waals surface area contributed by atoms with Crippen LogP contribution in [0.4, 0.5) is 11.4 Å². The van der Waals surface area contributed by atoms with Crippen LogP contribution >= 0.6 is 0 Å². The van der Waals surface area contributed by atoms with E-state index in [4.69, 9.17) is 9.15 Å². The van der Waals surface area contributed by atoms with Gasteiger partial charge in [0.05, 0.1) is 18.0 Å². The number of carbonyl (C=O) groups excluding carboxylic acids is 1. The summed E-state index contributed by atoms with van der Waals surface area (Å²) in [6, 6.07) is 15.6. The zero-order chi connectivity index (χ0) is 17.9. The SMILES string of the molecule is COCc1c(C(=O)Nc2ccccc2N2CCCC2)oc2ccccc12. The summed E-state index contributed by atoms with van der Waals surface area (Å²) in [5.74, 6) is 0.0594. The van der Waals surface area contributed by atoms with Crippen molar-refractivity contribution in [3.8, 4) is 0 Å². The lowest BCUT2D eigenvalue weighted by molar-refractivity contribution is 0.0992. The third-order valence-corrected chi connectivity index (χ3v) is 4.79. The molecule has 0 radical (unpaired) electrons. The molecule has 0 atom stereocenters. The van der Waals surface area contributed by atoms with E-state index in [1.807, 2.05) is 42.5 Å².